The molecule has 10 heteroatoms. The summed E-state index contributed by atoms with van der Waals surface area (Å²) in [5.74, 6) is 0.206. The van der Waals surface area contributed by atoms with Gasteiger partial charge in [-0.25, -0.2) is 4.98 Å². The number of benzene rings is 1. The van der Waals surface area contributed by atoms with E-state index in [0.717, 1.165) is 22.5 Å². The summed E-state index contributed by atoms with van der Waals surface area (Å²) in [6.07, 6.45) is 0.456. The molecule has 0 radical (unpaired) electrons. The van der Waals surface area contributed by atoms with Crippen molar-refractivity contribution >= 4 is 46.3 Å². The van der Waals surface area contributed by atoms with Gasteiger partial charge in [0.1, 0.15) is 6.07 Å². The van der Waals surface area contributed by atoms with Crippen LogP contribution in [0.25, 0.3) is 0 Å². The zero-order chi connectivity index (χ0) is 18.5. The number of nitrogens with one attached hydrogen (secondary N) is 1. The number of thioether (sulfide) groups is 1. The summed E-state index contributed by atoms with van der Waals surface area (Å²) in [4.78, 5) is 16.4. The molecule has 3 aromatic rings. The minimum absolute atomic E-state index is 0.0643. The van der Waals surface area contributed by atoms with Crippen LogP contribution in [-0.2, 0) is 11.2 Å². The largest absolute Gasteiger partial charge is 0.416 e. The molecule has 0 unspecified atom stereocenters. The Balaban J connectivity index is 1.55. The van der Waals surface area contributed by atoms with Crippen molar-refractivity contribution in [3.05, 3.63) is 50.8 Å². The predicted molar refractivity (Wildman–Crippen MR) is 99.5 cm³/mol. The molecule has 2 heterocycles. The van der Waals surface area contributed by atoms with Gasteiger partial charge in [0, 0.05) is 10.4 Å². The van der Waals surface area contributed by atoms with E-state index in [-0.39, 0.29) is 11.7 Å². The highest BCUT2D eigenvalue weighted by atomic mass is 35.5. The lowest BCUT2D eigenvalue weighted by molar-refractivity contribution is -0.113. The Kier molecular flexibility index (Phi) is 5.88. The number of carbonyl (C=O) groups is 1. The van der Waals surface area contributed by atoms with E-state index in [1.165, 1.54) is 6.07 Å². The second-order valence-electron chi connectivity index (χ2n) is 5.13. The lowest BCUT2D eigenvalue weighted by atomic mass is 10.2. The fourth-order valence-corrected chi connectivity index (χ4v) is 3.41. The van der Waals surface area contributed by atoms with E-state index in [1.54, 1.807) is 23.5 Å². The van der Waals surface area contributed by atoms with Gasteiger partial charge in [0.05, 0.1) is 34.1 Å². The molecular formula is C16H12ClN5O2S2. The maximum absolute atomic E-state index is 12.1. The van der Waals surface area contributed by atoms with E-state index < -0.39 is 0 Å². The molecule has 7 nitrogen and oxygen atoms in total. The fourth-order valence-electron chi connectivity index (χ4n) is 2.04. The van der Waals surface area contributed by atoms with E-state index in [0.29, 0.717) is 33.8 Å². The van der Waals surface area contributed by atoms with Crippen LogP contribution < -0.4 is 5.32 Å². The summed E-state index contributed by atoms with van der Waals surface area (Å²) in [5.41, 5.74) is 1.58. The van der Waals surface area contributed by atoms with Gasteiger partial charge < -0.3 is 9.73 Å². The number of halogens is 1. The topological polar surface area (TPSA) is 105 Å². The van der Waals surface area contributed by atoms with Gasteiger partial charge in [0.25, 0.3) is 5.22 Å². The van der Waals surface area contributed by atoms with Crippen LogP contribution in [0.3, 0.4) is 0 Å². The molecule has 0 spiro atoms. The molecular weight excluding hydrogens is 394 g/mol. The third kappa shape index (κ3) is 4.82. The summed E-state index contributed by atoms with van der Waals surface area (Å²) in [5, 5.41) is 23.2. The number of rotatable bonds is 6. The van der Waals surface area contributed by atoms with Crippen LogP contribution in [0, 0.1) is 18.3 Å². The number of hydrogen-bond donors (Lipinski definition) is 1. The standard InChI is InChI=1S/C16H12ClN5O2S2/c1-9-19-12(7-25-9)5-15-21-22-16(24-15)26-8-14(23)20-13-4-11(17)3-2-10(13)6-18/h2-4,7H,5,8H2,1H3,(H,20,23). The monoisotopic (exact) mass is 405 g/mol. The predicted octanol–water partition coefficient (Wildman–Crippen LogP) is 3.68. The van der Waals surface area contributed by atoms with Crippen molar-refractivity contribution in [3.63, 3.8) is 0 Å². The quantitative estimate of drug-likeness (QED) is 0.623. The summed E-state index contributed by atoms with van der Waals surface area (Å²) in [6, 6.07) is 6.68. The highest BCUT2D eigenvalue weighted by molar-refractivity contribution is 7.99. The molecule has 1 N–H and O–H groups in total. The lowest BCUT2D eigenvalue weighted by Gasteiger charge is -2.06. The molecule has 0 aliphatic rings. The number of anilines is 1. The third-order valence-electron chi connectivity index (χ3n) is 3.15. The Morgan fingerprint density at radius 2 is 2.31 bits per heavy atom. The Morgan fingerprint density at radius 3 is 3.04 bits per heavy atom. The Morgan fingerprint density at radius 1 is 1.46 bits per heavy atom. The lowest BCUT2D eigenvalue weighted by Crippen LogP contribution is -2.15. The number of aryl methyl sites for hydroxylation is 1. The molecule has 0 aliphatic heterocycles. The van der Waals surface area contributed by atoms with Gasteiger partial charge in [0.15, 0.2) is 0 Å². The summed E-state index contributed by atoms with van der Waals surface area (Å²) in [7, 11) is 0. The molecule has 3 rings (SSSR count). The van der Waals surface area contributed by atoms with Crippen molar-refractivity contribution in [2.24, 2.45) is 0 Å². The molecule has 0 fully saturated rings. The number of carbonyl (C=O) groups excluding carboxylic acids is 1. The van der Waals surface area contributed by atoms with E-state index in [4.69, 9.17) is 21.3 Å². The molecule has 0 aliphatic carbocycles. The Labute approximate surface area is 162 Å². The van der Waals surface area contributed by atoms with Crippen LogP contribution in [0.15, 0.2) is 33.2 Å². The highest BCUT2D eigenvalue weighted by Gasteiger charge is 2.13. The van der Waals surface area contributed by atoms with E-state index in [1.807, 2.05) is 18.4 Å². The fraction of sp³-hybridized carbons (Fsp3) is 0.188. The molecule has 132 valence electrons. The third-order valence-corrected chi connectivity index (χ3v) is 5.03. The molecule has 2 aromatic heterocycles. The average molecular weight is 406 g/mol. The summed E-state index contributed by atoms with van der Waals surface area (Å²) >= 11 is 8.57. The summed E-state index contributed by atoms with van der Waals surface area (Å²) < 4.78 is 5.51. The normalized spacial score (nSPS) is 10.5. The maximum atomic E-state index is 12.1. The van der Waals surface area contributed by atoms with Gasteiger partial charge in [-0.3, -0.25) is 4.79 Å². The molecule has 0 saturated carbocycles. The van der Waals surface area contributed by atoms with E-state index in [9.17, 15) is 4.79 Å². The van der Waals surface area contributed by atoms with Gasteiger partial charge in [-0.05, 0) is 25.1 Å². The second kappa shape index (κ2) is 8.31. The number of thiazole rings is 1. The first kappa shape index (κ1) is 18.4. The molecule has 26 heavy (non-hydrogen) atoms. The van der Waals surface area contributed by atoms with Gasteiger partial charge >= 0.3 is 0 Å². The summed E-state index contributed by atoms with van der Waals surface area (Å²) in [6.45, 7) is 1.93. The van der Waals surface area contributed by atoms with Crippen LogP contribution >= 0.6 is 34.7 Å². The van der Waals surface area contributed by atoms with Crippen LogP contribution in [0.4, 0.5) is 5.69 Å². The van der Waals surface area contributed by atoms with Crippen LogP contribution in [0.2, 0.25) is 5.02 Å². The minimum atomic E-state index is -0.302. The van der Waals surface area contributed by atoms with Crippen LogP contribution in [-0.4, -0.2) is 26.8 Å². The van der Waals surface area contributed by atoms with E-state index >= 15 is 0 Å². The zero-order valence-corrected chi connectivity index (χ0v) is 15.9. The Hall–Kier alpha value is -2.41. The van der Waals surface area contributed by atoms with Crippen molar-refractivity contribution in [2.45, 2.75) is 18.6 Å². The van der Waals surface area contributed by atoms with Crippen molar-refractivity contribution in [2.75, 3.05) is 11.1 Å². The second-order valence-corrected chi connectivity index (χ2v) is 7.56. The number of nitrogens with zero attached hydrogens (tertiary/aromatic N) is 4. The number of hydrogen-bond acceptors (Lipinski definition) is 8. The van der Waals surface area contributed by atoms with Crippen LogP contribution in [0.1, 0.15) is 22.2 Å². The average Bonchev–Trinajstić information content (AvgIpc) is 3.22. The first-order valence-corrected chi connectivity index (χ1v) is 9.63. The number of nitriles is 1. The van der Waals surface area contributed by atoms with E-state index in [2.05, 4.69) is 20.5 Å². The molecule has 1 amide bonds. The van der Waals surface area contributed by atoms with Crippen molar-refractivity contribution in [3.8, 4) is 6.07 Å². The highest BCUT2D eigenvalue weighted by Crippen LogP contribution is 2.22. The molecule has 0 saturated heterocycles. The van der Waals surface area contributed by atoms with Crippen molar-refractivity contribution in [1.82, 2.24) is 15.2 Å². The maximum Gasteiger partial charge on any atom is 0.277 e. The van der Waals surface area contributed by atoms with Gasteiger partial charge in [-0.15, -0.1) is 21.5 Å². The van der Waals surface area contributed by atoms with Crippen molar-refractivity contribution in [1.29, 1.82) is 5.26 Å². The SMILES string of the molecule is Cc1nc(Cc2nnc(SCC(=O)Nc3cc(Cl)ccc3C#N)o2)cs1. The minimum Gasteiger partial charge on any atom is -0.416 e. The number of aromatic nitrogens is 3. The molecule has 1 aromatic carbocycles. The van der Waals surface area contributed by atoms with Gasteiger partial charge in [0.2, 0.25) is 11.8 Å². The smallest absolute Gasteiger partial charge is 0.277 e. The molecule has 0 bridgehead atoms. The first-order chi connectivity index (χ1) is 12.5. The Bertz CT molecular complexity index is 979. The van der Waals surface area contributed by atoms with Gasteiger partial charge in [-0.2, -0.15) is 5.26 Å². The van der Waals surface area contributed by atoms with Gasteiger partial charge in [-0.1, -0.05) is 23.4 Å². The molecule has 0 atom stereocenters. The number of amides is 1. The van der Waals surface area contributed by atoms with Crippen molar-refractivity contribution < 1.29 is 9.21 Å². The first-order valence-electron chi connectivity index (χ1n) is 7.39. The zero-order valence-electron chi connectivity index (χ0n) is 13.5. The van der Waals surface area contributed by atoms with Crippen LogP contribution in [0.5, 0.6) is 0 Å².